The third-order valence-corrected chi connectivity index (χ3v) is 6.56. The number of carbonyl (C=O) groups is 1. The summed E-state index contributed by atoms with van der Waals surface area (Å²) in [6.45, 7) is 17.4. The van der Waals surface area contributed by atoms with Gasteiger partial charge in [0.05, 0.1) is 17.7 Å². The highest BCUT2D eigenvalue weighted by Gasteiger charge is 2.26. The summed E-state index contributed by atoms with van der Waals surface area (Å²) < 4.78 is 0. The van der Waals surface area contributed by atoms with Crippen LogP contribution < -0.4 is 0 Å². The molecule has 0 spiro atoms. The molecule has 4 heterocycles. The van der Waals surface area contributed by atoms with E-state index in [0.29, 0.717) is 12.5 Å². The molecule has 1 saturated heterocycles. The van der Waals surface area contributed by atoms with Crippen molar-refractivity contribution in [2.24, 2.45) is 22.7 Å². The highest BCUT2D eigenvalue weighted by Crippen LogP contribution is 2.32. The van der Waals surface area contributed by atoms with Gasteiger partial charge in [0.15, 0.2) is 0 Å². The van der Waals surface area contributed by atoms with Gasteiger partial charge in [-0.2, -0.15) is 0 Å². The number of hydrogen-bond acceptors (Lipinski definition) is 6. The number of likely N-dealkylation sites (tertiary alicyclic amines) is 1. The standard InChI is InChI=1S/C22H26N4O2S.C4H10.C3H8/c1-14(2)20-18(6-8-24-20)15-5-7-23-19(10-15)21-25-11-17(29-21)13-26-9-3-4-16(12-26)22(27)28;1-4(2)3;1-3-2/h5-8,10-11,14,16,20H,3-4,9,12-13H2,1-2H3,(H,27,28);4H,1-3H3;3H2,1-2H3. The van der Waals surface area contributed by atoms with Crippen LogP contribution in [0.15, 0.2) is 35.6 Å². The summed E-state index contributed by atoms with van der Waals surface area (Å²) in [6.07, 6.45) is 10.7. The van der Waals surface area contributed by atoms with Crippen molar-refractivity contribution < 1.29 is 9.90 Å². The zero-order valence-electron chi connectivity index (χ0n) is 23.1. The molecule has 2 unspecified atom stereocenters. The van der Waals surface area contributed by atoms with Crippen LogP contribution in [0.1, 0.15) is 78.2 Å². The predicted molar refractivity (Wildman–Crippen MR) is 153 cm³/mol. The van der Waals surface area contributed by atoms with Crippen molar-refractivity contribution in [3.05, 3.63) is 41.0 Å². The Labute approximate surface area is 221 Å². The van der Waals surface area contributed by atoms with Gasteiger partial charge < -0.3 is 5.11 Å². The first-order chi connectivity index (χ1) is 17.2. The fraction of sp³-hybridized carbons (Fsp3) is 0.586. The highest BCUT2D eigenvalue weighted by molar-refractivity contribution is 7.15. The minimum Gasteiger partial charge on any atom is -0.481 e. The summed E-state index contributed by atoms with van der Waals surface area (Å²) in [5.74, 6) is 0.332. The van der Waals surface area contributed by atoms with Gasteiger partial charge in [0.1, 0.15) is 5.01 Å². The first kappa shape index (κ1) is 29.8. The van der Waals surface area contributed by atoms with Crippen molar-refractivity contribution >= 4 is 29.1 Å². The number of aliphatic carboxylic acids is 1. The lowest BCUT2D eigenvalue weighted by molar-refractivity contribution is -0.143. The zero-order valence-corrected chi connectivity index (χ0v) is 23.9. The Kier molecular flexibility index (Phi) is 12.4. The van der Waals surface area contributed by atoms with Crippen molar-refractivity contribution in [1.29, 1.82) is 0 Å². The Balaban J connectivity index is 0.000000583. The van der Waals surface area contributed by atoms with Gasteiger partial charge in [-0.15, -0.1) is 11.3 Å². The first-order valence-corrected chi connectivity index (χ1v) is 14.1. The molecule has 198 valence electrons. The third-order valence-electron chi connectivity index (χ3n) is 5.55. The van der Waals surface area contributed by atoms with Crippen molar-refractivity contribution in [3.8, 4) is 10.7 Å². The van der Waals surface area contributed by atoms with Gasteiger partial charge >= 0.3 is 5.97 Å². The van der Waals surface area contributed by atoms with Crippen LogP contribution in [0.4, 0.5) is 0 Å². The van der Waals surface area contributed by atoms with Crippen LogP contribution in [0, 0.1) is 17.8 Å². The predicted octanol–water partition coefficient (Wildman–Crippen LogP) is 7.07. The van der Waals surface area contributed by atoms with Crippen LogP contribution in [0.3, 0.4) is 0 Å². The number of rotatable bonds is 6. The summed E-state index contributed by atoms with van der Waals surface area (Å²) >= 11 is 1.63. The Bertz CT molecular complexity index is 1010. The number of allylic oxidation sites excluding steroid dienone is 1. The van der Waals surface area contributed by atoms with E-state index >= 15 is 0 Å². The maximum Gasteiger partial charge on any atom is 0.307 e. The van der Waals surface area contributed by atoms with Crippen LogP contribution in [-0.2, 0) is 11.3 Å². The molecule has 4 rings (SSSR count). The van der Waals surface area contributed by atoms with Crippen molar-refractivity contribution in [2.45, 2.75) is 80.3 Å². The maximum atomic E-state index is 11.3. The summed E-state index contributed by atoms with van der Waals surface area (Å²) in [6, 6.07) is 4.33. The van der Waals surface area contributed by atoms with Crippen LogP contribution in [-0.4, -0.2) is 51.3 Å². The van der Waals surface area contributed by atoms with E-state index in [-0.39, 0.29) is 12.0 Å². The molecule has 2 aliphatic heterocycles. The number of carboxylic acid groups (broad SMARTS) is 1. The lowest BCUT2D eigenvalue weighted by atomic mass is 9.92. The molecule has 1 fully saturated rings. The van der Waals surface area contributed by atoms with E-state index in [1.54, 1.807) is 11.3 Å². The van der Waals surface area contributed by atoms with Gasteiger partial charge in [-0.05, 0) is 60.6 Å². The quantitative estimate of drug-likeness (QED) is 0.448. The summed E-state index contributed by atoms with van der Waals surface area (Å²) in [4.78, 5) is 28.4. The van der Waals surface area contributed by atoms with Gasteiger partial charge in [0, 0.05) is 36.6 Å². The maximum absolute atomic E-state index is 11.3. The number of nitrogens with zero attached hydrogens (tertiary/aromatic N) is 4. The van der Waals surface area contributed by atoms with Gasteiger partial charge in [0.25, 0.3) is 0 Å². The number of aliphatic imine (C=N–C) groups is 1. The van der Waals surface area contributed by atoms with E-state index in [1.165, 1.54) is 12.0 Å². The largest absolute Gasteiger partial charge is 0.481 e. The molecule has 7 heteroatoms. The lowest BCUT2D eigenvalue weighted by Gasteiger charge is -2.29. The number of aromatic nitrogens is 2. The molecule has 2 atom stereocenters. The van der Waals surface area contributed by atoms with E-state index < -0.39 is 5.97 Å². The summed E-state index contributed by atoms with van der Waals surface area (Å²) in [5, 5.41) is 10.2. The molecule has 1 N–H and O–H groups in total. The van der Waals surface area contributed by atoms with Crippen LogP contribution in [0.5, 0.6) is 0 Å². The van der Waals surface area contributed by atoms with Crippen molar-refractivity contribution in [1.82, 2.24) is 14.9 Å². The van der Waals surface area contributed by atoms with Gasteiger partial charge in [0.2, 0.25) is 0 Å². The van der Waals surface area contributed by atoms with Crippen LogP contribution in [0.25, 0.3) is 16.3 Å². The second-order valence-corrected chi connectivity index (χ2v) is 11.6. The molecule has 2 aliphatic rings. The lowest BCUT2D eigenvalue weighted by Crippen LogP contribution is -2.37. The van der Waals surface area contributed by atoms with Crippen LogP contribution >= 0.6 is 11.3 Å². The average molecular weight is 513 g/mol. The molecule has 6 nitrogen and oxygen atoms in total. The summed E-state index contributed by atoms with van der Waals surface area (Å²) in [5.41, 5.74) is 3.24. The van der Waals surface area contributed by atoms with Gasteiger partial charge in [-0.3, -0.25) is 19.7 Å². The molecular weight excluding hydrogens is 468 g/mol. The average Bonchev–Trinajstić information content (AvgIpc) is 3.50. The summed E-state index contributed by atoms with van der Waals surface area (Å²) in [7, 11) is 0. The van der Waals surface area contributed by atoms with E-state index in [1.807, 2.05) is 24.7 Å². The molecule has 0 amide bonds. The zero-order chi connectivity index (χ0) is 26.7. The van der Waals surface area contributed by atoms with Crippen molar-refractivity contribution in [2.75, 3.05) is 13.1 Å². The van der Waals surface area contributed by atoms with E-state index in [0.717, 1.165) is 53.0 Å². The Morgan fingerprint density at radius 3 is 2.53 bits per heavy atom. The second-order valence-electron chi connectivity index (χ2n) is 10.5. The molecule has 0 bridgehead atoms. The van der Waals surface area contributed by atoms with E-state index in [9.17, 15) is 9.90 Å². The minimum absolute atomic E-state index is 0.193. The van der Waals surface area contributed by atoms with Gasteiger partial charge in [-0.25, -0.2) is 4.98 Å². The molecule has 2 aromatic rings. The third kappa shape index (κ3) is 9.25. The Morgan fingerprint density at radius 2 is 1.89 bits per heavy atom. The molecular formula is C29H44N4O2S. The normalized spacial score (nSPS) is 19.4. The molecule has 0 aliphatic carbocycles. The minimum atomic E-state index is -0.689. The number of pyridine rings is 1. The topological polar surface area (TPSA) is 78.7 Å². The van der Waals surface area contributed by atoms with Crippen LogP contribution in [0.2, 0.25) is 0 Å². The number of piperidine rings is 1. The fourth-order valence-electron chi connectivity index (χ4n) is 4.04. The number of thiazole rings is 1. The molecule has 0 aromatic carbocycles. The van der Waals surface area contributed by atoms with Crippen molar-refractivity contribution in [3.63, 3.8) is 0 Å². The molecule has 0 saturated carbocycles. The second kappa shape index (κ2) is 15.0. The highest BCUT2D eigenvalue weighted by atomic mass is 32.1. The monoisotopic (exact) mass is 512 g/mol. The Hall–Kier alpha value is -2.38. The smallest absolute Gasteiger partial charge is 0.307 e. The molecule has 36 heavy (non-hydrogen) atoms. The van der Waals surface area contributed by atoms with E-state index in [4.69, 9.17) is 0 Å². The van der Waals surface area contributed by atoms with Gasteiger partial charge in [-0.1, -0.05) is 54.9 Å². The SMILES string of the molecule is CC(C)C.CC(C)C1N=CC=C1c1ccnc(-c2ncc(CN3CCCC(C(=O)O)C3)s2)c1.CCC. The molecule has 0 radical (unpaired) electrons. The fourth-order valence-corrected chi connectivity index (χ4v) is 4.96. The Morgan fingerprint density at radius 1 is 1.19 bits per heavy atom. The molecule has 2 aromatic heterocycles. The van der Waals surface area contributed by atoms with E-state index in [2.05, 4.69) is 80.5 Å². The number of carboxylic acids is 1. The number of hydrogen-bond donors (Lipinski definition) is 1. The first-order valence-electron chi connectivity index (χ1n) is 13.3.